The van der Waals surface area contributed by atoms with Crippen LogP contribution in [0.3, 0.4) is 0 Å². The molecule has 2 aromatic carbocycles. The zero-order valence-corrected chi connectivity index (χ0v) is 24.4. The number of anilines is 1. The number of benzene rings is 2. The molecule has 2 rings (SSSR count). The first kappa shape index (κ1) is 32.9. The van der Waals surface area contributed by atoms with Crippen molar-refractivity contribution in [1.82, 2.24) is 0 Å². The highest BCUT2D eigenvalue weighted by atomic mass is 32.2. The first-order valence-corrected chi connectivity index (χ1v) is 15.4. The normalized spacial score (nSPS) is 11.2. The third-order valence-electron chi connectivity index (χ3n) is 6.78. The number of sulfonamides is 1. The highest BCUT2D eigenvalue weighted by molar-refractivity contribution is 7.90. The van der Waals surface area contributed by atoms with E-state index in [4.69, 9.17) is 15.4 Å². The quantitative estimate of drug-likeness (QED) is 0.0666. The summed E-state index contributed by atoms with van der Waals surface area (Å²) in [6, 6.07) is 7.60. The predicted molar refractivity (Wildman–Crippen MR) is 156 cm³/mol. The first-order chi connectivity index (χ1) is 19.2. The number of azide groups is 1. The zero-order chi connectivity index (χ0) is 29.4. The van der Waals surface area contributed by atoms with Crippen molar-refractivity contribution in [3.05, 3.63) is 63.0 Å². The standard InChI is InChI=1S/C29H42N4O6S/c1-3-4-5-6-7-8-9-10-11-12-13-25-19-23(18-22(2)28(25)34)21-39-17-16-24-20-26(40(37,38)33-32-30)14-15-27(24)31-29(35)36/h14-15,18-20,31,34H,3-13,16-17,21H2,1-2H3,(H,35,36). The minimum absolute atomic E-state index is 0.188. The van der Waals surface area contributed by atoms with Gasteiger partial charge in [-0.2, -0.15) is 0 Å². The molecular formula is C29H42N4O6S. The molecule has 1 amide bonds. The maximum atomic E-state index is 12.1. The number of phenolic OH excluding ortho intramolecular Hbond substituents is 1. The Hall–Kier alpha value is -3.27. The topological polar surface area (TPSA) is 162 Å². The molecule has 0 saturated heterocycles. The van der Waals surface area contributed by atoms with Crippen LogP contribution in [0.5, 0.6) is 5.75 Å². The first-order valence-electron chi connectivity index (χ1n) is 14.0. The molecule has 2 aromatic rings. The van der Waals surface area contributed by atoms with Gasteiger partial charge in [0.25, 0.3) is 10.0 Å². The van der Waals surface area contributed by atoms with Crippen molar-refractivity contribution in [1.29, 1.82) is 0 Å². The summed E-state index contributed by atoms with van der Waals surface area (Å²) < 4.78 is 32.9. The zero-order valence-electron chi connectivity index (χ0n) is 23.6. The van der Waals surface area contributed by atoms with Crippen molar-refractivity contribution in [2.75, 3.05) is 11.9 Å². The van der Waals surface area contributed by atoms with Crippen LogP contribution in [0.4, 0.5) is 10.5 Å². The highest BCUT2D eigenvalue weighted by Crippen LogP contribution is 2.27. The van der Waals surface area contributed by atoms with Crippen LogP contribution < -0.4 is 5.32 Å². The van der Waals surface area contributed by atoms with Crippen molar-refractivity contribution >= 4 is 21.8 Å². The summed E-state index contributed by atoms with van der Waals surface area (Å²) in [7, 11) is -4.22. The molecule has 0 atom stereocenters. The molecule has 0 spiro atoms. The van der Waals surface area contributed by atoms with Gasteiger partial charge in [-0.05, 0) is 78.2 Å². The second-order valence-corrected chi connectivity index (χ2v) is 11.6. The molecule has 0 radical (unpaired) electrons. The lowest BCUT2D eigenvalue weighted by Gasteiger charge is -2.13. The number of nitrogens with one attached hydrogen (secondary N) is 1. The van der Waals surface area contributed by atoms with Crippen LogP contribution >= 0.6 is 0 Å². The number of unbranched alkanes of at least 4 members (excludes halogenated alkanes) is 9. The second kappa shape index (κ2) is 17.4. The Labute approximate surface area is 237 Å². The van der Waals surface area contributed by atoms with Gasteiger partial charge in [0.05, 0.1) is 18.1 Å². The molecule has 10 nitrogen and oxygen atoms in total. The van der Waals surface area contributed by atoms with Gasteiger partial charge in [-0.15, -0.1) is 0 Å². The molecule has 40 heavy (non-hydrogen) atoms. The Kier molecular flexibility index (Phi) is 14.4. The minimum atomic E-state index is -4.22. The van der Waals surface area contributed by atoms with Gasteiger partial charge < -0.3 is 14.9 Å². The smallest absolute Gasteiger partial charge is 0.409 e. The SMILES string of the molecule is CCCCCCCCCCCCc1cc(COCCc2cc(S(=O)(=O)N=[N+]=[N-])ccc2NC(=O)O)cc(C)c1O. The number of carboxylic acid groups (broad SMARTS) is 1. The second-order valence-electron chi connectivity index (χ2n) is 10.1. The van der Waals surface area contributed by atoms with E-state index in [1.807, 2.05) is 19.1 Å². The van der Waals surface area contributed by atoms with E-state index in [1.165, 1.54) is 69.6 Å². The maximum Gasteiger partial charge on any atom is 0.409 e. The molecule has 0 unspecified atom stereocenters. The van der Waals surface area contributed by atoms with Crippen molar-refractivity contribution in [2.45, 2.75) is 102 Å². The van der Waals surface area contributed by atoms with Crippen LogP contribution in [0.2, 0.25) is 0 Å². The lowest BCUT2D eigenvalue weighted by molar-refractivity contribution is 0.123. The fraction of sp³-hybridized carbons (Fsp3) is 0.552. The number of rotatable bonds is 19. The average Bonchev–Trinajstić information content (AvgIpc) is 2.90. The number of amides is 1. The van der Waals surface area contributed by atoms with Gasteiger partial charge in [0.15, 0.2) is 0 Å². The molecule has 3 N–H and O–H groups in total. The third kappa shape index (κ3) is 11.5. The summed E-state index contributed by atoms with van der Waals surface area (Å²) in [5, 5.41) is 21.9. The third-order valence-corrected chi connectivity index (χ3v) is 7.92. The minimum Gasteiger partial charge on any atom is -0.507 e. The molecular weight excluding hydrogens is 532 g/mol. The highest BCUT2D eigenvalue weighted by Gasteiger charge is 2.16. The average molecular weight is 575 g/mol. The van der Waals surface area contributed by atoms with Gasteiger partial charge in [0.1, 0.15) is 5.75 Å². The number of phenols is 1. The number of hydrogen-bond donors (Lipinski definition) is 3. The van der Waals surface area contributed by atoms with Crippen molar-refractivity contribution in [3.8, 4) is 5.75 Å². The van der Waals surface area contributed by atoms with E-state index in [1.54, 1.807) is 0 Å². The summed E-state index contributed by atoms with van der Waals surface area (Å²) >= 11 is 0. The van der Waals surface area contributed by atoms with Crippen LogP contribution in [0.15, 0.2) is 39.7 Å². The molecule has 0 aromatic heterocycles. The molecule has 0 aliphatic heterocycles. The van der Waals surface area contributed by atoms with Crippen LogP contribution in [-0.4, -0.2) is 31.3 Å². The molecule has 0 fully saturated rings. The summed E-state index contributed by atoms with van der Waals surface area (Å²) in [6.07, 6.45) is 12.2. The molecule has 11 heteroatoms. The van der Waals surface area contributed by atoms with Gasteiger partial charge >= 0.3 is 6.09 Å². The Morgan fingerprint density at radius 1 is 0.975 bits per heavy atom. The van der Waals surface area contributed by atoms with Crippen LogP contribution in [-0.2, 0) is 34.2 Å². The predicted octanol–water partition coefficient (Wildman–Crippen LogP) is 8.01. The largest absolute Gasteiger partial charge is 0.507 e. The Bertz CT molecular complexity index is 1260. The van der Waals surface area contributed by atoms with E-state index in [-0.39, 0.29) is 30.2 Å². The van der Waals surface area contributed by atoms with Crippen molar-refractivity contribution in [3.63, 3.8) is 0 Å². The van der Waals surface area contributed by atoms with E-state index >= 15 is 0 Å². The van der Waals surface area contributed by atoms with E-state index < -0.39 is 16.1 Å². The lowest BCUT2D eigenvalue weighted by atomic mass is 9.99. The summed E-state index contributed by atoms with van der Waals surface area (Å²) in [5.74, 6) is 0.321. The summed E-state index contributed by atoms with van der Waals surface area (Å²) in [4.78, 5) is 13.3. The molecule has 0 aliphatic carbocycles. The molecule has 0 aliphatic rings. The van der Waals surface area contributed by atoms with Gasteiger partial charge in [-0.1, -0.05) is 70.8 Å². The molecule has 0 bridgehead atoms. The number of aryl methyl sites for hydroxylation is 2. The van der Waals surface area contributed by atoms with E-state index in [2.05, 4.69) is 21.7 Å². The van der Waals surface area contributed by atoms with Gasteiger partial charge in [0.2, 0.25) is 0 Å². The Morgan fingerprint density at radius 3 is 2.25 bits per heavy atom. The Morgan fingerprint density at radius 2 is 1.62 bits per heavy atom. The van der Waals surface area contributed by atoms with Gasteiger partial charge in [-0.3, -0.25) is 5.32 Å². The van der Waals surface area contributed by atoms with E-state index in [0.29, 0.717) is 11.3 Å². The number of carbonyl (C=O) groups is 1. The van der Waals surface area contributed by atoms with Crippen molar-refractivity contribution in [2.24, 2.45) is 4.52 Å². The maximum absolute atomic E-state index is 12.1. The van der Waals surface area contributed by atoms with Crippen LogP contribution in [0, 0.1) is 6.92 Å². The molecule has 0 saturated carbocycles. The monoisotopic (exact) mass is 574 g/mol. The Balaban J connectivity index is 1.90. The fourth-order valence-electron chi connectivity index (χ4n) is 4.65. The lowest BCUT2D eigenvalue weighted by Crippen LogP contribution is -2.11. The molecule has 220 valence electrons. The van der Waals surface area contributed by atoms with Crippen LogP contribution in [0.25, 0.3) is 10.4 Å². The summed E-state index contributed by atoms with van der Waals surface area (Å²) in [5.41, 5.74) is 11.7. The van der Waals surface area contributed by atoms with Crippen LogP contribution in [0.1, 0.15) is 93.4 Å². The number of nitrogens with zero attached hydrogens (tertiary/aromatic N) is 3. The van der Waals surface area contributed by atoms with Gasteiger partial charge in [-0.25, -0.2) is 13.2 Å². The number of hydrogen-bond acceptors (Lipinski definition) is 5. The fourth-order valence-corrected chi connectivity index (χ4v) is 5.37. The van der Waals surface area contributed by atoms with Gasteiger partial charge in [0, 0.05) is 15.1 Å². The number of ether oxygens (including phenoxy) is 1. The van der Waals surface area contributed by atoms with Crippen molar-refractivity contribution < 1.29 is 28.2 Å². The van der Waals surface area contributed by atoms with E-state index in [9.17, 15) is 18.3 Å². The number of aromatic hydroxyl groups is 1. The molecule has 0 heterocycles. The van der Waals surface area contributed by atoms with E-state index in [0.717, 1.165) is 36.0 Å². The summed E-state index contributed by atoms with van der Waals surface area (Å²) in [6.45, 7) is 4.56.